The molecule has 0 atom stereocenters. The van der Waals surface area contributed by atoms with E-state index in [1.54, 1.807) is 7.11 Å². The van der Waals surface area contributed by atoms with Gasteiger partial charge in [-0.3, -0.25) is 0 Å². The zero-order valence-corrected chi connectivity index (χ0v) is 14.3. The largest absolute Gasteiger partial charge is 0.385 e. The van der Waals surface area contributed by atoms with Crippen LogP contribution in [0.5, 0.6) is 0 Å². The monoisotopic (exact) mass is 315 g/mol. The van der Waals surface area contributed by atoms with Gasteiger partial charge >= 0.3 is 0 Å². The summed E-state index contributed by atoms with van der Waals surface area (Å²) in [5, 5.41) is 6.61. The third-order valence-corrected chi connectivity index (χ3v) is 3.33. The Morgan fingerprint density at radius 3 is 2.43 bits per heavy atom. The molecule has 124 valence electrons. The van der Waals surface area contributed by atoms with Crippen LogP contribution in [-0.4, -0.2) is 44.3 Å². The van der Waals surface area contributed by atoms with Gasteiger partial charge in [0, 0.05) is 51.8 Å². The zero-order valence-electron chi connectivity index (χ0n) is 14.3. The molecule has 0 saturated heterocycles. The van der Waals surface area contributed by atoms with Crippen LogP contribution in [0.3, 0.4) is 0 Å². The number of aryl methyl sites for hydroxylation is 1. The topological polar surface area (TPSA) is 62.3 Å². The molecule has 6 heteroatoms. The summed E-state index contributed by atoms with van der Waals surface area (Å²) in [6.45, 7) is 3.45. The summed E-state index contributed by atoms with van der Waals surface area (Å²) in [6, 6.07) is 10.1. The Morgan fingerprint density at radius 1 is 1.09 bits per heavy atom. The molecule has 0 bridgehead atoms. The van der Waals surface area contributed by atoms with Gasteiger partial charge in [-0.2, -0.15) is 0 Å². The number of hydrogen-bond donors (Lipinski definition) is 2. The van der Waals surface area contributed by atoms with Crippen LogP contribution < -0.4 is 15.5 Å². The Bertz CT molecular complexity index is 613. The second-order valence-electron chi connectivity index (χ2n) is 5.53. The summed E-state index contributed by atoms with van der Waals surface area (Å²) in [4.78, 5) is 10.9. The minimum atomic E-state index is 0.731. The first-order chi connectivity index (χ1) is 11.1. The van der Waals surface area contributed by atoms with Gasteiger partial charge in [0.05, 0.1) is 0 Å². The third kappa shape index (κ3) is 5.41. The lowest BCUT2D eigenvalue weighted by Gasteiger charge is -2.14. The number of ether oxygens (including phenoxy) is 1. The van der Waals surface area contributed by atoms with E-state index in [0.29, 0.717) is 0 Å². The summed E-state index contributed by atoms with van der Waals surface area (Å²) in [5.41, 5.74) is 2.16. The Morgan fingerprint density at radius 2 is 1.78 bits per heavy atom. The van der Waals surface area contributed by atoms with Crippen molar-refractivity contribution >= 4 is 23.0 Å². The first-order valence-electron chi connectivity index (χ1n) is 7.71. The Balaban J connectivity index is 2.02. The van der Waals surface area contributed by atoms with Crippen molar-refractivity contribution in [2.45, 2.75) is 13.3 Å². The molecule has 1 heterocycles. The highest BCUT2D eigenvalue weighted by Crippen LogP contribution is 2.20. The lowest BCUT2D eigenvalue weighted by Crippen LogP contribution is -2.09. The SMILES string of the molecule is COCCCNc1cc(Nc2ccc(N(C)C)cc2)nc(C)n1. The molecular formula is C17H25N5O. The average Bonchev–Trinajstić information content (AvgIpc) is 2.51. The van der Waals surface area contributed by atoms with Gasteiger partial charge in [0.25, 0.3) is 0 Å². The number of benzene rings is 1. The first kappa shape index (κ1) is 17.0. The molecule has 0 amide bonds. The number of anilines is 4. The lowest BCUT2D eigenvalue weighted by atomic mass is 10.2. The summed E-state index contributed by atoms with van der Waals surface area (Å²) in [5.74, 6) is 2.33. The molecule has 6 nitrogen and oxygen atoms in total. The number of nitrogens with zero attached hydrogens (tertiary/aromatic N) is 3. The van der Waals surface area contributed by atoms with E-state index in [0.717, 1.165) is 48.4 Å². The van der Waals surface area contributed by atoms with Crippen molar-refractivity contribution in [1.29, 1.82) is 0 Å². The van der Waals surface area contributed by atoms with Crippen molar-refractivity contribution in [3.05, 3.63) is 36.2 Å². The summed E-state index contributed by atoms with van der Waals surface area (Å²) in [6.07, 6.45) is 0.939. The van der Waals surface area contributed by atoms with Gasteiger partial charge in [-0.05, 0) is 37.6 Å². The van der Waals surface area contributed by atoms with E-state index in [-0.39, 0.29) is 0 Å². The van der Waals surface area contributed by atoms with E-state index in [2.05, 4.69) is 37.6 Å². The number of nitrogens with one attached hydrogen (secondary N) is 2. The molecule has 0 unspecified atom stereocenters. The van der Waals surface area contributed by atoms with Crippen molar-refractivity contribution in [1.82, 2.24) is 9.97 Å². The highest BCUT2D eigenvalue weighted by molar-refractivity contribution is 5.62. The molecule has 0 aliphatic carbocycles. The zero-order chi connectivity index (χ0) is 16.7. The van der Waals surface area contributed by atoms with Crippen molar-refractivity contribution in [2.24, 2.45) is 0 Å². The fraction of sp³-hybridized carbons (Fsp3) is 0.412. The predicted molar refractivity (Wildman–Crippen MR) is 95.8 cm³/mol. The molecule has 2 aromatic rings. The molecule has 0 aliphatic heterocycles. The lowest BCUT2D eigenvalue weighted by molar-refractivity contribution is 0.198. The van der Waals surface area contributed by atoms with Crippen LogP contribution in [0.4, 0.5) is 23.0 Å². The summed E-state index contributed by atoms with van der Waals surface area (Å²) >= 11 is 0. The van der Waals surface area contributed by atoms with Crippen LogP contribution in [0.25, 0.3) is 0 Å². The fourth-order valence-corrected chi connectivity index (χ4v) is 2.15. The molecule has 2 rings (SSSR count). The highest BCUT2D eigenvalue weighted by Gasteiger charge is 2.03. The van der Waals surface area contributed by atoms with E-state index >= 15 is 0 Å². The van der Waals surface area contributed by atoms with Gasteiger partial charge in [0.2, 0.25) is 0 Å². The van der Waals surface area contributed by atoms with Crippen LogP contribution in [0.1, 0.15) is 12.2 Å². The van der Waals surface area contributed by atoms with E-state index in [1.165, 1.54) is 0 Å². The Labute approximate surface area is 137 Å². The maximum Gasteiger partial charge on any atom is 0.136 e. The Kier molecular flexibility index (Phi) is 6.17. The van der Waals surface area contributed by atoms with Crippen molar-refractivity contribution in [3.63, 3.8) is 0 Å². The van der Waals surface area contributed by atoms with Crippen LogP contribution >= 0.6 is 0 Å². The second-order valence-corrected chi connectivity index (χ2v) is 5.53. The molecule has 0 spiro atoms. The van der Waals surface area contributed by atoms with Gasteiger partial charge in [-0.25, -0.2) is 9.97 Å². The maximum absolute atomic E-state index is 5.04. The third-order valence-electron chi connectivity index (χ3n) is 3.33. The fourth-order valence-electron chi connectivity index (χ4n) is 2.15. The standard InChI is InChI=1S/C17H25N5O/c1-13-19-16(18-10-5-11-23-4)12-17(20-13)21-14-6-8-15(9-7-14)22(2)3/h6-9,12H,5,10-11H2,1-4H3,(H2,18,19,20,21). The van der Waals surface area contributed by atoms with Gasteiger partial charge < -0.3 is 20.3 Å². The number of aromatic nitrogens is 2. The molecule has 0 saturated carbocycles. The number of rotatable bonds is 8. The van der Waals surface area contributed by atoms with E-state index in [4.69, 9.17) is 4.74 Å². The van der Waals surface area contributed by atoms with Crippen molar-refractivity contribution < 1.29 is 4.74 Å². The molecule has 0 fully saturated rings. The highest BCUT2D eigenvalue weighted by atomic mass is 16.5. The minimum Gasteiger partial charge on any atom is -0.385 e. The smallest absolute Gasteiger partial charge is 0.136 e. The predicted octanol–water partition coefficient (Wildman–Crippen LogP) is 3.04. The quantitative estimate of drug-likeness (QED) is 0.730. The molecule has 0 radical (unpaired) electrons. The van der Waals surface area contributed by atoms with Gasteiger partial charge in [-0.1, -0.05) is 0 Å². The maximum atomic E-state index is 5.04. The Hall–Kier alpha value is -2.34. The van der Waals surface area contributed by atoms with E-state index in [1.807, 2.05) is 39.2 Å². The van der Waals surface area contributed by atoms with Gasteiger partial charge in [-0.15, -0.1) is 0 Å². The van der Waals surface area contributed by atoms with E-state index in [9.17, 15) is 0 Å². The number of methoxy groups -OCH3 is 1. The van der Waals surface area contributed by atoms with Crippen LogP contribution in [0.2, 0.25) is 0 Å². The number of hydrogen-bond acceptors (Lipinski definition) is 6. The summed E-state index contributed by atoms with van der Waals surface area (Å²) < 4.78 is 5.04. The normalized spacial score (nSPS) is 10.4. The van der Waals surface area contributed by atoms with Crippen molar-refractivity contribution in [2.75, 3.05) is 49.9 Å². The first-order valence-corrected chi connectivity index (χ1v) is 7.71. The minimum absolute atomic E-state index is 0.731. The molecule has 23 heavy (non-hydrogen) atoms. The summed E-state index contributed by atoms with van der Waals surface area (Å²) in [7, 11) is 5.76. The van der Waals surface area contributed by atoms with Crippen LogP contribution in [-0.2, 0) is 4.74 Å². The van der Waals surface area contributed by atoms with Crippen LogP contribution in [0.15, 0.2) is 30.3 Å². The molecule has 1 aromatic carbocycles. The van der Waals surface area contributed by atoms with Gasteiger partial charge in [0.15, 0.2) is 0 Å². The molecule has 0 aliphatic rings. The second kappa shape index (κ2) is 8.33. The van der Waals surface area contributed by atoms with Crippen molar-refractivity contribution in [3.8, 4) is 0 Å². The van der Waals surface area contributed by atoms with E-state index < -0.39 is 0 Å². The molecule has 2 N–H and O–H groups in total. The molecule has 1 aromatic heterocycles. The average molecular weight is 315 g/mol. The van der Waals surface area contributed by atoms with Crippen LogP contribution in [0, 0.1) is 6.92 Å². The molecular weight excluding hydrogens is 290 g/mol. The van der Waals surface area contributed by atoms with Gasteiger partial charge in [0.1, 0.15) is 17.5 Å².